The number of nitrogens with two attached hydrogens (primary N) is 1. The van der Waals surface area contributed by atoms with Crippen LogP contribution < -0.4 is 10.6 Å². The number of hydrogen-bond acceptors (Lipinski definition) is 6. The number of anilines is 1. The highest BCUT2D eigenvalue weighted by molar-refractivity contribution is 5.82. The Labute approximate surface area is 190 Å². The van der Waals surface area contributed by atoms with Gasteiger partial charge in [-0.3, -0.25) is 15.3 Å². The first-order valence-corrected chi connectivity index (χ1v) is 10.9. The van der Waals surface area contributed by atoms with Gasteiger partial charge in [0.2, 0.25) is 0 Å². The number of nitrogens with zero attached hydrogens (tertiary/aromatic N) is 3. The second kappa shape index (κ2) is 9.67. The van der Waals surface area contributed by atoms with Crippen molar-refractivity contribution in [3.05, 3.63) is 60.0 Å². The van der Waals surface area contributed by atoms with Crippen molar-refractivity contribution in [2.24, 2.45) is 0 Å². The molecule has 5 rings (SSSR count). The largest absolute Gasteiger partial charge is 0.379 e. The van der Waals surface area contributed by atoms with Gasteiger partial charge in [0.15, 0.2) is 17.3 Å². The molecule has 4 aromatic rings. The molecule has 0 bridgehead atoms. The van der Waals surface area contributed by atoms with Crippen molar-refractivity contribution in [3.63, 3.8) is 0 Å². The van der Waals surface area contributed by atoms with Crippen molar-refractivity contribution in [2.75, 3.05) is 38.7 Å². The summed E-state index contributed by atoms with van der Waals surface area (Å²) in [6, 6.07) is 12.8. The Hall–Kier alpha value is -3.31. The van der Waals surface area contributed by atoms with Gasteiger partial charge in [-0.05, 0) is 23.8 Å². The fourth-order valence-electron chi connectivity index (χ4n) is 3.96. The molecule has 10 heteroatoms. The van der Waals surface area contributed by atoms with Gasteiger partial charge >= 0.3 is 0 Å². The number of halogens is 1. The number of methoxy groups -OCH3 is 1. The molecule has 2 aromatic heterocycles. The van der Waals surface area contributed by atoms with Crippen molar-refractivity contribution < 1.29 is 19.2 Å². The van der Waals surface area contributed by atoms with E-state index < -0.39 is 6.35 Å². The first-order valence-electron chi connectivity index (χ1n) is 10.9. The first kappa shape index (κ1) is 21.5. The lowest BCUT2D eigenvalue weighted by Crippen LogP contribution is -2.87. The molecule has 9 nitrogen and oxygen atoms in total. The molecule has 2 aromatic carbocycles. The van der Waals surface area contributed by atoms with E-state index in [0.29, 0.717) is 22.9 Å². The zero-order valence-electron chi connectivity index (χ0n) is 18.3. The van der Waals surface area contributed by atoms with Crippen molar-refractivity contribution in [1.82, 2.24) is 25.1 Å². The highest BCUT2D eigenvalue weighted by atomic mass is 19.1. The predicted molar refractivity (Wildman–Crippen MR) is 122 cm³/mol. The van der Waals surface area contributed by atoms with Gasteiger partial charge in [0.25, 0.3) is 6.35 Å². The lowest BCUT2D eigenvalue weighted by Gasteiger charge is -2.26. The van der Waals surface area contributed by atoms with E-state index in [-0.39, 0.29) is 5.82 Å². The molecular formula is C23H27FN7O2+. The maximum Gasteiger partial charge on any atom is 0.276 e. The van der Waals surface area contributed by atoms with Gasteiger partial charge in [-0.25, -0.2) is 9.37 Å². The van der Waals surface area contributed by atoms with E-state index in [1.54, 1.807) is 36.8 Å². The third-order valence-electron chi connectivity index (χ3n) is 5.72. The second-order valence-corrected chi connectivity index (χ2v) is 7.97. The van der Waals surface area contributed by atoms with Crippen LogP contribution in [0.3, 0.4) is 0 Å². The van der Waals surface area contributed by atoms with E-state index in [9.17, 15) is 4.39 Å². The van der Waals surface area contributed by atoms with E-state index >= 15 is 0 Å². The van der Waals surface area contributed by atoms with Crippen molar-refractivity contribution in [1.29, 1.82) is 0 Å². The number of benzene rings is 2. The molecule has 1 saturated heterocycles. The van der Waals surface area contributed by atoms with Crippen LogP contribution in [0.2, 0.25) is 0 Å². The maximum absolute atomic E-state index is 14.1. The molecule has 1 fully saturated rings. The Morgan fingerprint density at radius 3 is 2.91 bits per heavy atom. The minimum Gasteiger partial charge on any atom is -0.379 e. The summed E-state index contributed by atoms with van der Waals surface area (Å²) in [5, 5.41) is 12.1. The quantitative estimate of drug-likeness (QED) is 0.241. The van der Waals surface area contributed by atoms with Crippen LogP contribution in [-0.4, -0.2) is 64.8 Å². The monoisotopic (exact) mass is 452 g/mol. The molecule has 1 aliphatic rings. The second-order valence-electron chi connectivity index (χ2n) is 7.97. The molecule has 0 radical (unpaired) electrons. The van der Waals surface area contributed by atoms with Gasteiger partial charge in [-0.15, -0.1) is 0 Å². The van der Waals surface area contributed by atoms with Crippen LogP contribution in [0.1, 0.15) is 5.56 Å². The SMILES string of the molecule is COC(Nc1cn[nH]c1-c1nc2ccc(CN3CCOCC3)cc2[nH]1)[NH2+]c1ccccc1F. The van der Waals surface area contributed by atoms with E-state index in [1.165, 1.54) is 11.6 Å². The molecule has 1 aliphatic heterocycles. The highest BCUT2D eigenvalue weighted by Crippen LogP contribution is 2.26. The number of morpholine rings is 1. The zero-order valence-corrected chi connectivity index (χ0v) is 18.3. The maximum atomic E-state index is 14.1. The van der Waals surface area contributed by atoms with Crippen molar-refractivity contribution >= 4 is 22.4 Å². The number of H-pyrrole nitrogens is 2. The average Bonchev–Trinajstić information content (AvgIpc) is 3.47. The lowest BCUT2D eigenvalue weighted by atomic mass is 10.2. The number of nitrogens with one attached hydrogen (secondary N) is 3. The van der Waals surface area contributed by atoms with Crippen molar-refractivity contribution in [2.45, 2.75) is 12.9 Å². The van der Waals surface area contributed by atoms with Crippen LogP contribution in [0.5, 0.6) is 0 Å². The highest BCUT2D eigenvalue weighted by Gasteiger charge is 2.20. The molecule has 5 N–H and O–H groups in total. The van der Waals surface area contributed by atoms with Crippen LogP contribution in [0.15, 0.2) is 48.7 Å². The van der Waals surface area contributed by atoms with E-state index in [0.717, 1.165) is 43.9 Å². The third-order valence-corrected chi connectivity index (χ3v) is 5.72. The smallest absolute Gasteiger partial charge is 0.276 e. The molecule has 3 heterocycles. The summed E-state index contributed by atoms with van der Waals surface area (Å²) in [6.45, 7) is 4.33. The Kier molecular flexibility index (Phi) is 6.31. The standard InChI is InChI=1S/C23H26FN7O2/c1-32-23(28-17-5-3-2-4-16(17)24)29-20-13-25-30-21(20)22-26-18-7-6-15(12-19(18)27-22)14-31-8-10-33-11-9-31/h2-7,12-13,23,28-29H,8-11,14H2,1H3,(H,25,30)(H,26,27)/p+1. The summed E-state index contributed by atoms with van der Waals surface area (Å²) >= 11 is 0. The van der Waals surface area contributed by atoms with Crippen molar-refractivity contribution in [3.8, 4) is 11.5 Å². The summed E-state index contributed by atoms with van der Waals surface area (Å²) in [7, 11) is 1.56. The Balaban J connectivity index is 1.34. The van der Waals surface area contributed by atoms with E-state index in [2.05, 4.69) is 37.5 Å². The summed E-state index contributed by atoms with van der Waals surface area (Å²) < 4.78 is 25.0. The molecule has 0 amide bonds. The summed E-state index contributed by atoms with van der Waals surface area (Å²) in [5.74, 6) is 0.355. The number of rotatable bonds is 8. The predicted octanol–water partition coefficient (Wildman–Crippen LogP) is 2.16. The Bertz CT molecular complexity index is 1220. The van der Waals surface area contributed by atoms with Crippen LogP contribution in [0.4, 0.5) is 15.8 Å². The third kappa shape index (κ3) is 4.88. The topological polar surface area (TPSA) is 108 Å². The van der Waals surface area contributed by atoms with Crippen LogP contribution in [0.25, 0.3) is 22.6 Å². The summed E-state index contributed by atoms with van der Waals surface area (Å²) in [6.07, 6.45) is 1.11. The summed E-state index contributed by atoms with van der Waals surface area (Å²) in [4.78, 5) is 10.5. The fraction of sp³-hybridized carbons (Fsp3) is 0.304. The zero-order chi connectivity index (χ0) is 22.6. The molecule has 172 valence electrons. The molecule has 1 atom stereocenters. The van der Waals surface area contributed by atoms with Gasteiger partial charge in [0.1, 0.15) is 5.69 Å². The molecule has 0 saturated carbocycles. The number of ether oxygens (including phenoxy) is 2. The molecule has 33 heavy (non-hydrogen) atoms. The van der Waals surface area contributed by atoms with E-state index in [1.807, 2.05) is 6.07 Å². The number of fused-ring (bicyclic) bond motifs is 1. The van der Waals surface area contributed by atoms with Crippen LogP contribution in [0, 0.1) is 5.82 Å². The molecular weight excluding hydrogens is 425 g/mol. The van der Waals surface area contributed by atoms with Gasteiger partial charge in [0.05, 0.1) is 36.1 Å². The number of aromatic amines is 2. The van der Waals surface area contributed by atoms with Gasteiger partial charge in [-0.2, -0.15) is 5.10 Å². The molecule has 0 spiro atoms. The first-order chi connectivity index (χ1) is 16.2. The van der Waals surface area contributed by atoms with E-state index in [4.69, 9.17) is 14.5 Å². The number of aromatic nitrogens is 4. The van der Waals surface area contributed by atoms with Gasteiger partial charge < -0.3 is 19.8 Å². The van der Waals surface area contributed by atoms with Gasteiger partial charge in [-0.1, -0.05) is 18.2 Å². The Morgan fingerprint density at radius 2 is 2.09 bits per heavy atom. The summed E-state index contributed by atoms with van der Waals surface area (Å²) in [5.41, 5.74) is 4.90. The fourth-order valence-corrected chi connectivity index (χ4v) is 3.96. The minimum atomic E-state index is -0.553. The van der Waals surface area contributed by atoms with Crippen LogP contribution >= 0.6 is 0 Å². The van der Waals surface area contributed by atoms with Crippen LogP contribution in [-0.2, 0) is 16.0 Å². The normalized spacial score (nSPS) is 15.7. The molecule has 0 aliphatic carbocycles. The number of quaternary nitrogens is 1. The number of para-hydroxylation sites is 1. The minimum absolute atomic E-state index is 0.307. The Morgan fingerprint density at radius 1 is 1.24 bits per heavy atom. The number of imidazole rings is 1. The molecule has 1 unspecified atom stereocenters. The average molecular weight is 453 g/mol. The lowest BCUT2D eigenvalue weighted by molar-refractivity contribution is -0.648. The van der Waals surface area contributed by atoms with Gasteiger partial charge in [0, 0.05) is 32.8 Å². The number of hydrogen-bond donors (Lipinski definition) is 4.